The van der Waals surface area contributed by atoms with Gasteiger partial charge in [0.1, 0.15) is 0 Å². The average molecular weight is 183 g/mol. The molecule has 0 unspecified atom stereocenters. The topological polar surface area (TPSA) is 0 Å². The predicted octanol–water partition coefficient (Wildman–Crippen LogP) is -0.397. The molecule has 0 N–H and O–H groups in total. The van der Waals surface area contributed by atoms with Gasteiger partial charge in [-0.3, -0.25) is 0 Å². The monoisotopic (exact) mass is 182 g/mol. The standard InChI is InChI=1S/2CH3.Sb.H3Si/h2*1H3;;1H3. The van der Waals surface area contributed by atoms with Crippen LogP contribution in [0.25, 0.3) is 0 Å². The molecule has 0 aromatic carbocycles. The maximum absolute atomic E-state index is 2.41. The van der Waals surface area contributed by atoms with Gasteiger partial charge in [-0.05, 0) is 0 Å². The fourth-order valence-electron chi connectivity index (χ4n) is 0. The third-order valence-corrected chi connectivity index (χ3v) is 0. The van der Waals surface area contributed by atoms with Crippen LogP contribution in [0.4, 0.5) is 0 Å². The van der Waals surface area contributed by atoms with Gasteiger partial charge in [-0.1, -0.05) is 0 Å². The zero-order valence-corrected chi connectivity index (χ0v) is 8.00. The van der Waals surface area contributed by atoms with E-state index >= 15 is 0 Å². The van der Waals surface area contributed by atoms with Crippen LogP contribution in [0.15, 0.2) is 0 Å². The van der Waals surface area contributed by atoms with Crippen molar-refractivity contribution in [2.24, 2.45) is 0 Å². The summed E-state index contributed by atoms with van der Waals surface area (Å²) in [5.74, 6) is 0. The summed E-state index contributed by atoms with van der Waals surface area (Å²) >= 11 is -0.311. The molecule has 0 saturated heterocycles. The molecular formula is C2H9SbSi. The van der Waals surface area contributed by atoms with Crippen molar-refractivity contribution in [3.8, 4) is 0 Å². The molecule has 0 aliphatic rings. The molecule has 0 spiro atoms. The van der Waals surface area contributed by atoms with Gasteiger partial charge in [0.15, 0.2) is 0 Å². The van der Waals surface area contributed by atoms with Gasteiger partial charge in [0.05, 0.1) is 0 Å². The van der Waals surface area contributed by atoms with Gasteiger partial charge in [0.2, 0.25) is 0 Å². The second kappa shape index (κ2) is 2.28. The fraction of sp³-hybridized carbons (Fsp3) is 1.00. The van der Waals surface area contributed by atoms with E-state index in [1.807, 2.05) is 0 Å². The van der Waals surface area contributed by atoms with Gasteiger partial charge in [0.25, 0.3) is 0 Å². The maximum atomic E-state index is 2.41. The summed E-state index contributed by atoms with van der Waals surface area (Å²) in [5, 5.41) is 0. The van der Waals surface area contributed by atoms with Crippen molar-refractivity contribution in [1.82, 2.24) is 0 Å². The van der Waals surface area contributed by atoms with Crippen molar-refractivity contribution < 1.29 is 0 Å². The van der Waals surface area contributed by atoms with Crippen molar-refractivity contribution in [2.45, 2.75) is 9.74 Å². The van der Waals surface area contributed by atoms with Gasteiger partial charge in [-0.15, -0.1) is 0 Å². The molecule has 4 heavy (non-hydrogen) atoms. The quantitative estimate of drug-likeness (QED) is 0.448. The first kappa shape index (κ1) is 5.04. The van der Waals surface area contributed by atoms with Crippen LogP contribution in [0.3, 0.4) is 0 Å². The van der Waals surface area contributed by atoms with Crippen LogP contribution in [0.5, 0.6) is 0 Å². The van der Waals surface area contributed by atoms with Crippen LogP contribution < -0.4 is 0 Å². The summed E-state index contributed by atoms with van der Waals surface area (Å²) < 4.78 is 0. The van der Waals surface area contributed by atoms with Crippen molar-refractivity contribution in [3.63, 3.8) is 0 Å². The van der Waals surface area contributed by atoms with Gasteiger partial charge in [-0.25, -0.2) is 0 Å². The van der Waals surface area contributed by atoms with E-state index in [-0.39, 0.29) is 19.4 Å². The Morgan fingerprint density at radius 1 is 1.50 bits per heavy atom. The molecule has 0 atom stereocenters. The van der Waals surface area contributed by atoms with E-state index in [2.05, 4.69) is 9.74 Å². The minimum absolute atomic E-state index is 0.311. The third-order valence-electron chi connectivity index (χ3n) is 0. The Labute approximate surface area is 37.0 Å². The molecule has 0 nitrogen and oxygen atoms in total. The summed E-state index contributed by atoms with van der Waals surface area (Å²) in [4.78, 5) is 4.82. The van der Waals surface area contributed by atoms with Crippen LogP contribution in [-0.2, 0) is 0 Å². The molecule has 0 fully saturated rings. The molecular weight excluding hydrogens is 174 g/mol. The fourth-order valence-corrected chi connectivity index (χ4v) is 0. The van der Waals surface area contributed by atoms with Crippen LogP contribution in [0.2, 0.25) is 9.74 Å². The molecule has 0 radical (unpaired) electrons. The molecule has 0 aliphatic carbocycles. The summed E-state index contributed by atoms with van der Waals surface area (Å²) in [6.07, 6.45) is 0. The molecule has 0 aromatic heterocycles. The number of hydrogen-bond acceptors (Lipinski definition) is 0. The zero-order valence-electron chi connectivity index (χ0n) is 3.45. The molecule has 0 aromatic rings. The molecule has 0 saturated carbocycles. The van der Waals surface area contributed by atoms with E-state index < -0.39 is 0 Å². The summed E-state index contributed by atoms with van der Waals surface area (Å²) in [6, 6.07) is 0. The second-order valence-electron chi connectivity index (χ2n) is 1.34. The SMILES string of the molecule is [CH3][Sb]([CH3])[SiH3]. The predicted molar refractivity (Wildman–Crippen MR) is 27.4 cm³/mol. The van der Waals surface area contributed by atoms with Crippen LogP contribution >= 0.6 is 0 Å². The normalized spacial score (nSPS) is 9.75. The first-order valence-corrected chi connectivity index (χ1v) is 15.0. The first-order valence-electron chi connectivity index (χ1n) is 1.34. The average Bonchev–Trinajstić information content (AvgIpc) is 0.811. The van der Waals surface area contributed by atoms with E-state index in [0.717, 1.165) is 0 Å². The molecule has 26 valence electrons. The third kappa shape index (κ3) is 11.7. The second-order valence-corrected chi connectivity index (χ2v) is 21.0. The number of rotatable bonds is 0. The van der Waals surface area contributed by atoms with Gasteiger partial charge in [0, 0.05) is 0 Å². The summed E-state index contributed by atoms with van der Waals surface area (Å²) in [5.41, 5.74) is 0. The van der Waals surface area contributed by atoms with E-state index in [4.69, 9.17) is 0 Å². The van der Waals surface area contributed by atoms with Gasteiger partial charge < -0.3 is 0 Å². The Bertz CT molecular complexity index is 10.8. The van der Waals surface area contributed by atoms with E-state index in [0.29, 0.717) is 0 Å². The van der Waals surface area contributed by atoms with Crippen molar-refractivity contribution in [2.75, 3.05) is 0 Å². The van der Waals surface area contributed by atoms with E-state index in [1.54, 1.807) is 0 Å². The Kier molecular flexibility index (Phi) is 2.87. The van der Waals surface area contributed by atoms with Crippen LogP contribution in [0, 0.1) is 0 Å². The van der Waals surface area contributed by atoms with Crippen molar-refractivity contribution in [1.29, 1.82) is 0 Å². The van der Waals surface area contributed by atoms with Crippen LogP contribution in [0.1, 0.15) is 0 Å². The summed E-state index contributed by atoms with van der Waals surface area (Å²) in [6.45, 7) is 0. The van der Waals surface area contributed by atoms with Crippen molar-refractivity contribution >= 4 is 27.1 Å². The first-order chi connectivity index (χ1) is 1.73. The molecule has 0 amide bonds. The van der Waals surface area contributed by atoms with Gasteiger partial charge >= 0.3 is 36.8 Å². The minimum atomic E-state index is -0.311. The Hall–Kier alpha value is 1.04. The zero-order chi connectivity index (χ0) is 3.58. The van der Waals surface area contributed by atoms with E-state index in [9.17, 15) is 0 Å². The van der Waals surface area contributed by atoms with E-state index in [1.165, 1.54) is 7.66 Å². The molecule has 0 aliphatic heterocycles. The van der Waals surface area contributed by atoms with Gasteiger partial charge in [-0.2, -0.15) is 0 Å². The van der Waals surface area contributed by atoms with Crippen LogP contribution in [-0.4, -0.2) is 27.1 Å². The van der Waals surface area contributed by atoms with Crippen molar-refractivity contribution in [3.05, 3.63) is 0 Å². The molecule has 0 heterocycles. The Morgan fingerprint density at radius 3 is 1.50 bits per heavy atom. The summed E-state index contributed by atoms with van der Waals surface area (Å²) in [7, 11) is 1.53. The molecule has 0 rings (SSSR count). The molecule has 0 bridgehead atoms. The number of hydrogen-bond donors (Lipinski definition) is 0. The Morgan fingerprint density at radius 2 is 1.50 bits per heavy atom. The molecule has 2 heteroatoms. The Balaban J connectivity index is 2.32.